The lowest BCUT2D eigenvalue weighted by atomic mass is 10.0. The topological polar surface area (TPSA) is 45.8 Å². The third-order valence-electron chi connectivity index (χ3n) is 2.81. The molecule has 0 bridgehead atoms. The molecule has 0 aromatic carbocycles. The van der Waals surface area contributed by atoms with Crippen molar-refractivity contribution in [3.63, 3.8) is 0 Å². The Hall–Kier alpha value is -1.12. The molecule has 1 aliphatic rings. The quantitative estimate of drug-likeness (QED) is 0.712. The Morgan fingerprint density at radius 2 is 2.15 bits per heavy atom. The van der Waals surface area contributed by atoms with Gasteiger partial charge in [0.1, 0.15) is 0 Å². The molecule has 0 atom stereocenters. The molecule has 1 aromatic heterocycles. The van der Waals surface area contributed by atoms with Crippen LogP contribution in [0.2, 0.25) is 0 Å². The summed E-state index contributed by atoms with van der Waals surface area (Å²) in [6.45, 7) is 2.01. The first-order valence-corrected chi connectivity index (χ1v) is 4.83. The normalized spacial score (nSPS) is 17.9. The first kappa shape index (κ1) is 8.48. The molecule has 0 radical (unpaired) electrons. The molecule has 1 fully saturated rings. The van der Waals surface area contributed by atoms with Gasteiger partial charge in [0, 0.05) is 11.9 Å². The molecular weight excluding hydrogens is 164 g/mol. The van der Waals surface area contributed by atoms with Gasteiger partial charge in [-0.1, -0.05) is 12.8 Å². The van der Waals surface area contributed by atoms with Crippen molar-refractivity contribution in [2.45, 2.75) is 38.5 Å². The lowest BCUT2D eigenvalue weighted by Crippen LogP contribution is -2.15. The monoisotopic (exact) mass is 178 g/mol. The van der Waals surface area contributed by atoms with Gasteiger partial charge in [-0.25, -0.2) is 9.78 Å². The molecule has 1 saturated carbocycles. The van der Waals surface area contributed by atoms with Crippen LogP contribution in [0.1, 0.15) is 42.9 Å². The number of aromatic amines is 1. The summed E-state index contributed by atoms with van der Waals surface area (Å²) in [6.07, 6.45) is 6.66. The Labute approximate surface area is 77.2 Å². The second-order valence-corrected chi connectivity index (χ2v) is 3.77. The van der Waals surface area contributed by atoms with Gasteiger partial charge in [-0.2, -0.15) is 0 Å². The molecule has 70 valence electrons. The maximum atomic E-state index is 11.0. The summed E-state index contributed by atoms with van der Waals surface area (Å²) in [6, 6.07) is 0. The zero-order valence-electron chi connectivity index (χ0n) is 7.84. The van der Waals surface area contributed by atoms with Gasteiger partial charge in [0.15, 0.2) is 0 Å². The number of hydrogen-bond acceptors (Lipinski definition) is 2. The van der Waals surface area contributed by atoms with Gasteiger partial charge in [0.05, 0.1) is 0 Å². The number of nitrogens with zero attached hydrogens (tertiary/aromatic N) is 1. The van der Waals surface area contributed by atoms with Crippen molar-refractivity contribution >= 4 is 0 Å². The summed E-state index contributed by atoms with van der Waals surface area (Å²) in [5.41, 5.74) is 2.01. The minimum absolute atomic E-state index is 0.215. The molecular formula is C10H14N2O. The van der Waals surface area contributed by atoms with E-state index in [2.05, 4.69) is 9.97 Å². The minimum Gasteiger partial charge on any atom is -0.309 e. The molecule has 0 spiro atoms. The zero-order chi connectivity index (χ0) is 9.26. The summed E-state index contributed by atoms with van der Waals surface area (Å²) >= 11 is 0. The van der Waals surface area contributed by atoms with Crippen LogP contribution in [0.5, 0.6) is 0 Å². The number of H-pyrrole nitrogens is 1. The van der Waals surface area contributed by atoms with E-state index in [1.165, 1.54) is 25.7 Å². The van der Waals surface area contributed by atoms with Crippen LogP contribution in [0.25, 0.3) is 0 Å². The van der Waals surface area contributed by atoms with Gasteiger partial charge in [-0.05, 0) is 31.2 Å². The lowest BCUT2D eigenvalue weighted by molar-refractivity contribution is 0.681. The van der Waals surface area contributed by atoms with Gasteiger partial charge >= 0.3 is 5.69 Å². The maximum absolute atomic E-state index is 11.0. The number of aromatic nitrogens is 2. The second-order valence-electron chi connectivity index (χ2n) is 3.77. The van der Waals surface area contributed by atoms with Crippen LogP contribution < -0.4 is 5.69 Å². The Balaban J connectivity index is 2.37. The zero-order valence-corrected chi connectivity index (χ0v) is 7.84. The van der Waals surface area contributed by atoms with E-state index in [4.69, 9.17) is 0 Å². The molecule has 0 unspecified atom stereocenters. The van der Waals surface area contributed by atoms with Crippen molar-refractivity contribution in [1.82, 2.24) is 9.97 Å². The molecule has 2 rings (SSSR count). The van der Waals surface area contributed by atoms with Gasteiger partial charge in [-0.3, -0.25) is 0 Å². The third kappa shape index (κ3) is 1.64. The number of nitrogens with one attached hydrogen (secondary N) is 1. The van der Waals surface area contributed by atoms with Crippen LogP contribution >= 0.6 is 0 Å². The van der Waals surface area contributed by atoms with Crippen LogP contribution in [0.3, 0.4) is 0 Å². The van der Waals surface area contributed by atoms with Crippen LogP contribution in [-0.2, 0) is 0 Å². The highest BCUT2D eigenvalue weighted by molar-refractivity contribution is 5.18. The van der Waals surface area contributed by atoms with Crippen molar-refractivity contribution in [2.75, 3.05) is 0 Å². The van der Waals surface area contributed by atoms with Crippen molar-refractivity contribution < 1.29 is 0 Å². The highest BCUT2D eigenvalue weighted by Crippen LogP contribution is 2.33. The summed E-state index contributed by atoms with van der Waals surface area (Å²) in [7, 11) is 0. The Morgan fingerprint density at radius 3 is 2.85 bits per heavy atom. The van der Waals surface area contributed by atoms with Crippen molar-refractivity contribution in [3.05, 3.63) is 27.9 Å². The summed E-state index contributed by atoms with van der Waals surface area (Å²) < 4.78 is 0. The molecule has 3 nitrogen and oxygen atoms in total. The van der Waals surface area contributed by atoms with Crippen molar-refractivity contribution in [1.29, 1.82) is 0 Å². The first-order chi connectivity index (χ1) is 6.27. The number of hydrogen-bond donors (Lipinski definition) is 1. The Morgan fingerprint density at radius 1 is 1.46 bits per heavy atom. The van der Waals surface area contributed by atoms with Gasteiger partial charge in [0.2, 0.25) is 0 Å². The second kappa shape index (κ2) is 3.32. The SMILES string of the molecule is Cc1cnc(=O)[nH]c1C1CCCC1. The minimum atomic E-state index is -0.215. The molecule has 0 saturated heterocycles. The van der Waals surface area contributed by atoms with E-state index in [9.17, 15) is 4.79 Å². The highest BCUT2D eigenvalue weighted by Gasteiger charge is 2.19. The predicted octanol–water partition coefficient (Wildman–Crippen LogP) is 1.74. The van der Waals surface area contributed by atoms with Crippen molar-refractivity contribution in [2.24, 2.45) is 0 Å². The first-order valence-electron chi connectivity index (χ1n) is 4.83. The molecule has 1 N–H and O–H groups in total. The molecule has 3 heteroatoms. The van der Waals surface area contributed by atoms with Gasteiger partial charge in [0.25, 0.3) is 0 Å². The van der Waals surface area contributed by atoms with Gasteiger partial charge in [-0.15, -0.1) is 0 Å². The number of rotatable bonds is 1. The van der Waals surface area contributed by atoms with E-state index >= 15 is 0 Å². The summed E-state index contributed by atoms with van der Waals surface area (Å²) in [5, 5.41) is 0. The third-order valence-corrected chi connectivity index (χ3v) is 2.81. The molecule has 1 aromatic rings. The largest absolute Gasteiger partial charge is 0.345 e. The summed E-state index contributed by atoms with van der Waals surface area (Å²) in [4.78, 5) is 17.6. The molecule has 1 heterocycles. The van der Waals surface area contributed by atoms with Crippen LogP contribution in [0, 0.1) is 6.92 Å². The summed E-state index contributed by atoms with van der Waals surface area (Å²) in [5.74, 6) is 0.565. The fraction of sp³-hybridized carbons (Fsp3) is 0.600. The van der Waals surface area contributed by atoms with Gasteiger partial charge < -0.3 is 4.98 Å². The predicted molar refractivity (Wildman–Crippen MR) is 50.8 cm³/mol. The fourth-order valence-corrected chi connectivity index (χ4v) is 2.11. The van der Waals surface area contributed by atoms with Crippen LogP contribution in [0.15, 0.2) is 11.0 Å². The molecule has 1 aliphatic carbocycles. The lowest BCUT2D eigenvalue weighted by Gasteiger charge is -2.10. The van der Waals surface area contributed by atoms with E-state index < -0.39 is 0 Å². The molecule has 13 heavy (non-hydrogen) atoms. The molecule has 0 amide bonds. The fourth-order valence-electron chi connectivity index (χ4n) is 2.11. The van der Waals surface area contributed by atoms with E-state index in [1.54, 1.807) is 6.20 Å². The highest BCUT2D eigenvalue weighted by atomic mass is 16.1. The van der Waals surface area contributed by atoms with E-state index in [1.807, 2.05) is 6.92 Å². The average molecular weight is 178 g/mol. The van der Waals surface area contributed by atoms with E-state index in [0.717, 1.165) is 11.3 Å². The van der Waals surface area contributed by atoms with Crippen molar-refractivity contribution in [3.8, 4) is 0 Å². The van der Waals surface area contributed by atoms with E-state index in [-0.39, 0.29) is 5.69 Å². The van der Waals surface area contributed by atoms with E-state index in [0.29, 0.717) is 5.92 Å². The Kier molecular flexibility index (Phi) is 2.17. The maximum Gasteiger partial charge on any atom is 0.345 e. The number of aryl methyl sites for hydroxylation is 1. The standard InChI is InChI=1S/C10H14N2O/c1-7-6-11-10(13)12-9(7)8-4-2-3-5-8/h6,8H,2-5H2,1H3,(H,11,12,13). The smallest absolute Gasteiger partial charge is 0.309 e. The Bertz CT molecular complexity index is 350. The molecule has 0 aliphatic heterocycles. The average Bonchev–Trinajstić information content (AvgIpc) is 2.61. The van der Waals surface area contributed by atoms with Crippen LogP contribution in [-0.4, -0.2) is 9.97 Å². The van der Waals surface area contributed by atoms with Crippen LogP contribution in [0.4, 0.5) is 0 Å².